The Labute approximate surface area is 104 Å². The number of nitrogens with two attached hydrogens (primary N) is 1. The summed E-state index contributed by atoms with van der Waals surface area (Å²) in [5, 5.41) is 6.04. The van der Waals surface area contributed by atoms with Crippen LogP contribution in [0.25, 0.3) is 0 Å². The number of morpholine rings is 1. The van der Waals surface area contributed by atoms with Gasteiger partial charge >= 0.3 is 0 Å². The lowest BCUT2D eigenvalue weighted by Gasteiger charge is -2.37. The average Bonchev–Trinajstić information content (AvgIpc) is 2.83. The zero-order chi connectivity index (χ0) is 13.4. The maximum atomic E-state index is 12.2. The van der Waals surface area contributed by atoms with Crippen LogP contribution in [0, 0.1) is 0 Å². The highest BCUT2D eigenvalue weighted by molar-refractivity contribution is 7.89. The second-order valence-electron chi connectivity index (χ2n) is 4.22. The van der Waals surface area contributed by atoms with E-state index in [1.54, 1.807) is 0 Å². The number of sulfonamides is 1. The normalized spacial score (nSPS) is 26.1. The third-order valence-electron chi connectivity index (χ3n) is 2.87. The molecule has 3 N–H and O–H groups in total. The fourth-order valence-corrected chi connectivity index (χ4v) is 3.13. The van der Waals surface area contributed by atoms with Gasteiger partial charge in [0, 0.05) is 12.7 Å². The van der Waals surface area contributed by atoms with Gasteiger partial charge in [-0.15, -0.1) is 0 Å². The van der Waals surface area contributed by atoms with Crippen LogP contribution < -0.4 is 5.73 Å². The van der Waals surface area contributed by atoms with E-state index < -0.39 is 21.5 Å². The third kappa shape index (κ3) is 2.11. The Balaban J connectivity index is 2.27. The molecule has 0 spiro atoms. The Morgan fingerprint density at radius 1 is 1.67 bits per heavy atom. The third-order valence-corrected chi connectivity index (χ3v) is 4.68. The Bertz CT molecular complexity index is 541. The monoisotopic (exact) mass is 274 g/mol. The van der Waals surface area contributed by atoms with Crippen molar-refractivity contribution < 1.29 is 17.9 Å². The van der Waals surface area contributed by atoms with E-state index in [1.165, 1.54) is 23.6 Å². The van der Waals surface area contributed by atoms with E-state index in [9.17, 15) is 13.2 Å². The minimum atomic E-state index is -3.67. The standard InChI is InChI=1S/C9H14N4O4S/c1-9(8(10)14)6-13(2-3-17-9)18(15,16)7-4-11-12-5-7/h4-5H,2-3,6H2,1H3,(H2,10,14)(H,11,12)/t9-/m1/s1. The number of aromatic nitrogens is 2. The van der Waals surface area contributed by atoms with Gasteiger partial charge in [0.05, 0.1) is 19.3 Å². The van der Waals surface area contributed by atoms with E-state index in [-0.39, 0.29) is 24.6 Å². The Morgan fingerprint density at radius 3 is 2.94 bits per heavy atom. The van der Waals surface area contributed by atoms with Crippen molar-refractivity contribution in [3.8, 4) is 0 Å². The number of hydrogen-bond donors (Lipinski definition) is 2. The summed E-state index contributed by atoms with van der Waals surface area (Å²) >= 11 is 0. The van der Waals surface area contributed by atoms with Gasteiger partial charge in [-0.25, -0.2) is 8.42 Å². The maximum absolute atomic E-state index is 12.2. The van der Waals surface area contributed by atoms with E-state index >= 15 is 0 Å². The number of nitrogens with one attached hydrogen (secondary N) is 1. The number of ether oxygens (including phenoxy) is 1. The van der Waals surface area contributed by atoms with Crippen molar-refractivity contribution in [1.82, 2.24) is 14.5 Å². The number of amides is 1. The fraction of sp³-hybridized carbons (Fsp3) is 0.556. The number of carbonyl (C=O) groups is 1. The molecule has 0 aromatic carbocycles. The van der Waals surface area contributed by atoms with Gasteiger partial charge in [-0.2, -0.15) is 9.40 Å². The van der Waals surface area contributed by atoms with E-state index in [0.29, 0.717) is 0 Å². The first-order valence-electron chi connectivity index (χ1n) is 5.29. The number of carbonyl (C=O) groups excluding carboxylic acids is 1. The van der Waals surface area contributed by atoms with Gasteiger partial charge in [0.1, 0.15) is 4.90 Å². The Hall–Kier alpha value is -1.45. The molecule has 0 radical (unpaired) electrons. The summed E-state index contributed by atoms with van der Waals surface area (Å²) in [6, 6.07) is 0. The quantitative estimate of drug-likeness (QED) is 0.708. The van der Waals surface area contributed by atoms with E-state index in [1.807, 2.05) is 0 Å². The lowest BCUT2D eigenvalue weighted by Crippen LogP contribution is -2.58. The Morgan fingerprint density at radius 2 is 2.39 bits per heavy atom. The molecular weight excluding hydrogens is 260 g/mol. The zero-order valence-corrected chi connectivity index (χ0v) is 10.6. The van der Waals surface area contributed by atoms with Crippen LogP contribution in [0.2, 0.25) is 0 Å². The van der Waals surface area contributed by atoms with Crippen molar-refractivity contribution in [3.05, 3.63) is 12.4 Å². The number of hydrogen-bond acceptors (Lipinski definition) is 5. The molecule has 1 saturated heterocycles. The van der Waals surface area contributed by atoms with Gasteiger partial charge in [-0.3, -0.25) is 9.89 Å². The predicted molar refractivity (Wildman–Crippen MR) is 60.9 cm³/mol. The van der Waals surface area contributed by atoms with Crippen molar-refractivity contribution in [2.45, 2.75) is 17.4 Å². The van der Waals surface area contributed by atoms with Gasteiger partial charge < -0.3 is 10.5 Å². The molecule has 9 heteroatoms. The van der Waals surface area contributed by atoms with Crippen molar-refractivity contribution in [2.75, 3.05) is 19.7 Å². The zero-order valence-electron chi connectivity index (χ0n) is 9.79. The molecule has 1 amide bonds. The molecule has 8 nitrogen and oxygen atoms in total. The van der Waals surface area contributed by atoms with Crippen LogP contribution in [-0.2, 0) is 19.6 Å². The summed E-state index contributed by atoms with van der Waals surface area (Å²) < 4.78 is 30.9. The maximum Gasteiger partial charge on any atom is 0.250 e. The molecule has 2 heterocycles. The van der Waals surface area contributed by atoms with Crippen LogP contribution >= 0.6 is 0 Å². The van der Waals surface area contributed by atoms with Crippen molar-refractivity contribution in [1.29, 1.82) is 0 Å². The molecule has 1 aromatic rings. The van der Waals surface area contributed by atoms with E-state index in [2.05, 4.69) is 10.2 Å². The summed E-state index contributed by atoms with van der Waals surface area (Å²) in [4.78, 5) is 11.3. The van der Waals surface area contributed by atoms with Crippen LogP contribution in [0.4, 0.5) is 0 Å². The van der Waals surface area contributed by atoms with Gasteiger partial charge in [-0.1, -0.05) is 0 Å². The smallest absolute Gasteiger partial charge is 0.250 e. The molecule has 100 valence electrons. The molecule has 1 aromatic heterocycles. The van der Waals surface area contributed by atoms with Gasteiger partial charge in [0.25, 0.3) is 5.91 Å². The van der Waals surface area contributed by atoms with Crippen LogP contribution in [-0.4, -0.2) is 54.1 Å². The summed E-state index contributed by atoms with van der Waals surface area (Å²) in [5.41, 5.74) is 3.93. The summed E-state index contributed by atoms with van der Waals surface area (Å²) in [6.07, 6.45) is 2.50. The van der Waals surface area contributed by atoms with Crippen molar-refractivity contribution >= 4 is 15.9 Å². The summed E-state index contributed by atoms with van der Waals surface area (Å²) in [7, 11) is -3.67. The van der Waals surface area contributed by atoms with E-state index in [0.717, 1.165) is 0 Å². The fourth-order valence-electron chi connectivity index (χ4n) is 1.72. The molecular formula is C9H14N4O4S. The van der Waals surface area contributed by atoms with Crippen molar-refractivity contribution in [3.63, 3.8) is 0 Å². The van der Waals surface area contributed by atoms with Crippen LogP contribution in [0.15, 0.2) is 17.3 Å². The number of nitrogens with zero attached hydrogens (tertiary/aromatic N) is 2. The van der Waals surface area contributed by atoms with Gasteiger partial charge in [-0.05, 0) is 6.92 Å². The molecule has 1 fully saturated rings. The Kier molecular flexibility index (Phi) is 3.13. The second-order valence-corrected chi connectivity index (χ2v) is 6.15. The molecule has 0 saturated carbocycles. The lowest BCUT2D eigenvalue weighted by molar-refractivity contribution is -0.148. The molecule has 0 unspecified atom stereocenters. The largest absolute Gasteiger partial charge is 0.367 e. The topological polar surface area (TPSA) is 118 Å². The lowest BCUT2D eigenvalue weighted by atomic mass is 10.1. The molecule has 18 heavy (non-hydrogen) atoms. The second kappa shape index (κ2) is 4.34. The molecule has 1 aliphatic rings. The summed E-state index contributed by atoms with van der Waals surface area (Å²) in [6.45, 7) is 1.68. The first kappa shape index (κ1) is 13.0. The molecule has 1 atom stereocenters. The van der Waals surface area contributed by atoms with Crippen LogP contribution in [0.3, 0.4) is 0 Å². The van der Waals surface area contributed by atoms with Crippen LogP contribution in [0.5, 0.6) is 0 Å². The van der Waals surface area contributed by atoms with Crippen LogP contribution in [0.1, 0.15) is 6.92 Å². The number of primary amides is 1. The van der Waals surface area contributed by atoms with Gasteiger partial charge in [0.15, 0.2) is 5.60 Å². The first-order valence-corrected chi connectivity index (χ1v) is 6.73. The summed E-state index contributed by atoms with van der Waals surface area (Å²) in [5.74, 6) is -0.686. The molecule has 0 bridgehead atoms. The highest BCUT2D eigenvalue weighted by Gasteiger charge is 2.42. The van der Waals surface area contributed by atoms with Gasteiger partial charge in [0.2, 0.25) is 10.0 Å². The highest BCUT2D eigenvalue weighted by Crippen LogP contribution is 2.23. The minimum Gasteiger partial charge on any atom is -0.367 e. The minimum absolute atomic E-state index is 0.0521. The highest BCUT2D eigenvalue weighted by atomic mass is 32.2. The van der Waals surface area contributed by atoms with E-state index in [4.69, 9.17) is 10.5 Å². The SMILES string of the molecule is C[C@]1(C(N)=O)CN(S(=O)(=O)c2cn[nH]c2)CCO1. The molecule has 0 aliphatic carbocycles. The number of aromatic amines is 1. The molecule has 2 rings (SSSR count). The van der Waals surface area contributed by atoms with Crippen molar-refractivity contribution in [2.24, 2.45) is 5.73 Å². The first-order chi connectivity index (χ1) is 8.36. The number of H-pyrrole nitrogens is 1. The predicted octanol–water partition coefficient (Wildman–Crippen LogP) is -1.33. The average molecular weight is 274 g/mol. The number of rotatable bonds is 3. The molecule has 1 aliphatic heterocycles.